The smallest absolute Gasteiger partial charge is 0.119 e. The molecule has 0 amide bonds. The molecule has 3 rings (SSSR count). The van der Waals surface area contributed by atoms with E-state index < -0.39 is 0 Å². The maximum absolute atomic E-state index is 5.63. The number of likely N-dealkylation sites (tertiary alicyclic amines) is 1. The molecule has 110 valence electrons. The van der Waals surface area contributed by atoms with E-state index in [4.69, 9.17) is 9.47 Å². The molecule has 1 aliphatic heterocycles. The average molecular weight is 275 g/mol. The molecule has 0 radical (unpaired) electrons. The van der Waals surface area contributed by atoms with E-state index in [2.05, 4.69) is 23.1 Å². The number of ether oxygens (including phenoxy) is 2. The molecule has 1 heterocycles. The van der Waals surface area contributed by atoms with E-state index in [1.807, 2.05) is 13.2 Å². The number of nitrogens with zero attached hydrogens (tertiary/aromatic N) is 1. The Morgan fingerprint density at radius 3 is 2.60 bits per heavy atom. The first-order chi connectivity index (χ1) is 9.75. The van der Waals surface area contributed by atoms with Crippen molar-refractivity contribution in [2.75, 3.05) is 27.3 Å². The minimum absolute atomic E-state index is 0.500. The molecular formula is C17H25NO2. The molecule has 3 nitrogen and oxygen atoms in total. The lowest BCUT2D eigenvalue weighted by Crippen LogP contribution is -2.52. The fourth-order valence-corrected chi connectivity index (χ4v) is 3.80. The minimum Gasteiger partial charge on any atom is -0.497 e. The number of hydrogen-bond donors (Lipinski definition) is 0. The van der Waals surface area contributed by atoms with Crippen molar-refractivity contribution in [3.63, 3.8) is 0 Å². The third-order valence-electron chi connectivity index (χ3n) is 5.26. The first-order valence-corrected chi connectivity index (χ1v) is 7.64. The Hall–Kier alpha value is -1.06. The third kappa shape index (κ3) is 2.57. The minimum atomic E-state index is 0.500. The lowest BCUT2D eigenvalue weighted by molar-refractivity contribution is -0.120. The Balaban J connectivity index is 1.56. The topological polar surface area (TPSA) is 21.7 Å². The van der Waals surface area contributed by atoms with Gasteiger partial charge in [-0.2, -0.15) is 0 Å². The van der Waals surface area contributed by atoms with Crippen molar-refractivity contribution in [3.05, 3.63) is 29.8 Å². The van der Waals surface area contributed by atoms with Crippen LogP contribution in [0.25, 0.3) is 0 Å². The molecule has 0 bridgehead atoms. The first-order valence-electron chi connectivity index (χ1n) is 7.64. The summed E-state index contributed by atoms with van der Waals surface area (Å²) in [6.07, 6.45) is 5.71. The second-order valence-corrected chi connectivity index (χ2v) is 6.25. The van der Waals surface area contributed by atoms with Gasteiger partial charge in [-0.15, -0.1) is 0 Å². The van der Waals surface area contributed by atoms with Crippen molar-refractivity contribution >= 4 is 0 Å². The summed E-state index contributed by atoms with van der Waals surface area (Å²) >= 11 is 0. The molecule has 20 heavy (non-hydrogen) atoms. The van der Waals surface area contributed by atoms with Crippen LogP contribution in [0.15, 0.2) is 24.3 Å². The van der Waals surface area contributed by atoms with Gasteiger partial charge in [0.15, 0.2) is 0 Å². The second kappa shape index (κ2) is 5.74. The Kier molecular flexibility index (Phi) is 3.99. The molecule has 2 fully saturated rings. The third-order valence-corrected chi connectivity index (χ3v) is 5.26. The molecule has 0 N–H and O–H groups in total. The highest BCUT2D eigenvalue weighted by atomic mass is 16.5. The highest BCUT2D eigenvalue weighted by Gasteiger charge is 2.48. The van der Waals surface area contributed by atoms with Gasteiger partial charge in [-0.05, 0) is 61.9 Å². The van der Waals surface area contributed by atoms with Gasteiger partial charge in [0.05, 0.1) is 13.2 Å². The van der Waals surface area contributed by atoms with Crippen molar-refractivity contribution in [2.45, 2.75) is 38.3 Å². The summed E-state index contributed by atoms with van der Waals surface area (Å²) in [5.41, 5.74) is 1.84. The number of piperidine rings is 1. The Bertz CT molecular complexity index is 450. The van der Waals surface area contributed by atoms with Crippen LogP contribution in [0.2, 0.25) is 0 Å². The molecule has 1 aromatic carbocycles. The van der Waals surface area contributed by atoms with E-state index in [9.17, 15) is 0 Å². The molecule has 1 saturated carbocycles. The highest BCUT2D eigenvalue weighted by molar-refractivity contribution is 5.28. The SMILES string of the molecule is COc1cccc(CN2CCC3(CCC3OC)CC2)c1. The fourth-order valence-electron chi connectivity index (χ4n) is 3.80. The predicted molar refractivity (Wildman–Crippen MR) is 80.0 cm³/mol. The van der Waals surface area contributed by atoms with Gasteiger partial charge >= 0.3 is 0 Å². The normalized spacial score (nSPS) is 25.4. The fraction of sp³-hybridized carbons (Fsp3) is 0.647. The summed E-state index contributed by atoms with van der Waals surface area (Å²) in [6.45, 7) is 3.42. The highest BCUT2D eigenvalue weighted by Crippen LogP contribution is 2.50. The van der Waals surface area contributed by atoms with Crippen LogP contribution in [0.3, 0.4) is 0 Å². The maximum atomic E-state index is 5.63. The van der Waals surface area contributed by atoms with E-state index in [0.717, 1.165) is 12.3 Å². The van der Waals surface area contributed by atoms with Crippen LogP contribution in [0.4, 0.5) is 0 Å². The van der Waals surface area contributed by atoms with Gasteiger partial charge in [0, 0.05) is 13.7 Å². The van der Waals surface area contributed by atoms with E-state index in [0.29, 0.717) is 11.5 Å². The quantitative estimate of drug-likeness (QED) is 0.843. The summed E-state index contributed by atoms with van der Waals surface area (Å²) < 4.78 is 10.9. The molecule has 1 unspecified atom stereocenters. The second-order valence-electron chi connectivity index (χ2n) is 6.25. The molecular weight excluding hydrogens is 250 g/mol. The zero-order valence-electron chi connectivity index (χ0n) is 12.6. The standard InChI is InChI=1S/C17H25NO2/c1-19-15-5-3-4-14(12-15)13-18-10-8-17(9-11-18)7-6-16(17)20-2/h3-5,12,16H,6-11,13H2,1-2H3. The lowest BCUT2D eigenvalue weighted by Gasteiger charge is -2.53. The number of benzene rings is 1. The van der Waals surface area contributed by atoms with Crippen LogP contribution in [0.5, 0.6) is 5.75 Å². The molecule has 1 aromatic rings. The van der Waals surface area contributed by atoms with Gasteiger partial charge in [-0.3, -0.25) is 4.90 Å². The molecule has 1 saturated heterocycles. The van der Waals surface area contributed by atoms with Gasteiger partial charge < -0.3 is 9.47 Å². The van der Waals surface area contributed by atoms with Crippen LogP contribution in [0, 0.1) is 5.41 Å². The average Bonchev–Trinajstić information content (AvgIpc) is 2.48. The number of methoxy groups -OCH3 is 2. The molecule has 1 aliphatic carbocycles. The van der Waals surface area contributed by atoms with Crippen molar-refractivity contribution in [1.82, 2.24) is 4.90 Å². The van der Waals surface area contributed by atoms with Gasteiger partial charge in [0.1, 0.15) is 5.75 Å². The Morgan fingerprint density at radius 2 is 2.00 bits per heavy atom. The van der Waals surface area contributed by atoms with Crippen LogP contribution < -0.4 is 4.74 Å². The molecule has 1 atom stereocenters. The zero-order chi connectivity index (χ0) is 14.0. The summed E-state index contributed by atoms with van der Waals surface area (Å²) in [7, 11) is 3.60. The Morgan fingerprint density at radius 1 is 1.20 bits per heavy atom. The number of rotatable bonds is 4. The monoisotopic (exact) mass is 275 g/mol. The predicted octanol–water partition coefficient (Wildman–Crippen LogP) is 3.09. The van der Waals surface area contributed by atoms with Crippen molar-refractivity contribution in [3.8, 4) is 5.75 Å². The molecule has 2 aliphatic rings. The first kappa shape index (κ1) is 13.9. The summed E-state index contributed by atoms with van der Waals surface area (Å²) in [5, 5.41) is 0. The van der Waals surface area contributed by atoms with Crippen molar-refractivity contribution < 1.29 is 9.47 Å². The zero-order valence-corrected chi connectivity index (χ0v) is 12.6. The van der Waals surface area contributed by atoms with Gasteiger partial charge in [-0.1, -0.05) is 12.1 Å². The Labute approximate surface area is 121 Å². The summed E-state index contributed by atoms with van der Waals surface area (Å²) in [5.74, 6) is 0.953. The summed E-state index contributed by atoms with van der Waals surface area (Å²) in [6, 6.07) is 8.42. The van der Waals surface area contributed by atoms with Crippen LogP contribution in [-0.2, 0) is 11.3 Å². The largest absolute Gasteiger partial charge is 0.497 e. The van der Waals surface area contributed by atoms with E-state index in [1.54, 1.807) is 7.11 Å². The van der Waals surface area contributed by atoms with E-state index >= 15 is 0 Å². The molecule has 1 spiro atoms. The lowest BCUT2D eigenvalue weighted by atomic mass is 9.61. The molecule has 0 aromatic heterocycles. The van der Waals surface area contributed by atoms with Crippen LogP contribution in [0.1, 0.15) is 31.2 Å². The van der Waals surface area contributed by atoms with Crippen molar-refractivity contribution in [1.29, 1.82) is 0 Å². The van der Waals surface area contributed by atoms with Crippen LogP contribution in [-0.4, -0.2) is 38.3 Å². The van der Waals surface area contributed by atoms with Gasteiger partial charge in [0.25, 0.3) is 0 Å². The molecule has 3 heteroatoms. The van der Waals surface area contributed by atoms with Gasteiger partial charge in [-0.25, -0.2) is 0 Å². The number of hydrogen-bond acceptors (Lipinski definition) is 3. The summed E-state index contributed by atoms with van der Waals surface area (Å²) in [4.78, 5) is 2.56. The van der Waals surface area contributed by atoms with Crippen molar-refractivity contribution in [2.24, 2.45) is 5.41 Å². The van der Waals surface area contributed by atoms with Crippen LogP contribution >= 0.6 is 0 Å². The van der Waals surface area contributed by atoms with E-state index in [1.165, 1.54) is 44.3 Å². The van der Waals surface area contributed by atoms with E-state index in [-0.39, 0.29) is 0 Å². The van der Waals surface area contributed by atoms with Gasteiger partial charge in [0.2, 0.25) is 0 Å². The maximum Gasteiger partial charge on any atom is 0.119 e.